The summed E-state index contributed by atoms with van der Waals surface area (Å²) in [5.41, 5.74) is 0.429. The first kappa shape index (κ1) is 13.5. The summed E-state index contributed by atoms with van der Waals surface area (Å²) in [6.07, 6.45) is 0. The molecule has 3 nitrogen and oxygen atoms in total. The Labute approximate surface area is 108 Å². The fourth-order valence-corrected chi connectivity index (χ4v) is 1.73. The molecule has 0 heterocycles. The van der Waals surface area contributed by atoms with Crippen LogP contribution in [0.1, 0.15) is 17.3 Å². The highest BCUT2D eigenvalue weighted by atomic mass is 79.9. The van der Waals surface area contributed by atoms with E-state index in [1.807, 2.05) is 0 Å². The van der Waals surface area contributed by atoms with Crippen LogP contribution in [0.4, 0.5) is 0 Å². The molecule has 1 atom stereocenters. The van der Waals surface area contributed by atoms with E-state index in [0.717, 1.165) is 4.47 Å². The third-order valence-corrected chi connectivity index (χ3v) is 3.23. The van der Waals surface area contributed by atoms with Crippen LogP contribution in [0.5, 0.6) is 0 Å². The Kier molecular flexibility index (Phi) is 4.77. The van der Waals surface area contributed by atoms with Gasteiger partial charge in [0.05, 0.1) is 23.2 Å². The predicted molar refractivity (Wildman–Crippen MR) is 67.8 cm³/mol. The van der Waals surface area contributed by atoms with Gasteiger partial charge in [-0.1, -0.05) is 27.5 Å². The number of rotatable bonds is 3. The Morgan fingerprint density at radius 3 is 2.81 bits per heavy atom. The Hall–Kier alpha value is -0.580. The maximum absolute atomic E-state index is 12.0. The van der Waals surface area contributed by atoms with E-state index in [2.05, 4.69) is 15.9 Å². The fraction of sp³-hybridized carbons (Fsp3) is 0.364. The number of aliphatic hydroxyl groups excluding tert-OH is 1. The molecule has 1 N–H and O–H groups in total. The number of benzene rings is 1. The third-order valence-electron chi connectivity index (χ3n) is 2.40. The first-order valence-corrected chi connectivity index (χ1v) is 5.97. The van der Waals surface area contributed by atoms with Crippen molar-refractivity contribution in [1.82, 2.24) is 4.90 Å². The molecule has 16 heavy (non-hydrogen) atoms. The molecular weight excluding hydrogens is 293 g/mol. The number of carbonyl (C=O) groups is 1. The molecule has 0 fully saturated rings. The van der Waals surface area contributed by atoms with E-state index in [1.165, 1.54) is 4.90 Å². The first-order valence-electron chi connectivity index (χ1n) is 4.80. The second-order valence-electron chi connectivity index (χ2n) is 3.57. The van der Waals surface area contributed by atoms with Gasteiger partial charge in [0.15, 0.2) is 0 Å². The van der Waals surface area contributed by atoms with E-state index in [0.29, 0.717) is 10.6 Å². The highest BCUT2D eigenvalue weighted by Gasteiger charge is 2.19. The molecule has 0 spiro atoms. The zero-order valence-electron chi connectivity index (χ0n) is 9.08. The van der Waals surface area contributed by atoms with Crippen LogP contribution in [0.15, 0.2) is 22.7 Å². The number of hydrogen-bond donors (Lipinski definition) is 1. The zero-order valence-corrected chi connectivity index (χ0v) is 11.4. The van der Waals surface area contributed by atoms with E-state index in [4.69, 9.17) is 16.7 Å². The lowest BCUT2D eigenvalue weighted by molar-refractivity contribution is 0.0682. The van der Waals surface area contributed by atoms with Gasteiger partial charge < -0.3 is 10.0 Å². The predicted octanol–water partition coefficient (Wildman–Crippen LogP) is 2.56. The van der Waals surface area contributed by atoms with Crippen LogP contribution >= 0.6 is 27.5 Å². The number of nitrogens with zero attached hydrogens (tertiary/aromatic N) is 1. The van der Waals surface area contributed by atoms with Crippen molar-refractivity contribution in [2.45, 2.75) is 13.0 Å². The van der Waals surface area contributed by atoms with Gasteiger partial charge in [-0.3, -0.25) is 4.79 Å². The average Bonchev–Trinajstić information content (AvgIpc) is 2.29. The number of halogens is 2. The smallest absolute Gasteiger partial charge is 0.255 e. The largest absolute Gasteiger partial charge is 0.394 e. The second kappa shape index (κ2) is 5.66. The molecule has 0 aliphatic rings. The minimum Gasteiger partial charge on any atom is -0.394 e. The fourth-order valence-electron chi connectivity index (χ4n) is 1.17. The van der Waals surface area contributed by atoms with E-state index in [-0.39, 0.29) is 18.6 Å². The molecule has 88 valence electrons. The summed E-state index contributed by atoms with van der Waals surface area (Å²) >= 11 is 9.24. The van der Waals surface area contributed by atoms with Crippen molar-refractivity contribution < 1.29 is 9.90 Å². The Balaban J connectivity index is 3.00. The molecule has 0 saturated carbocycles. The zero-order chi connectivity index (χ0) is 12.3. The van der Waals surface area contributed by atoms with Gasteiger partial charge in [-0.25, -0.2) is 0 Å². The van der Waals surface area contributed by atoms with Crippen molar-refractivity contribution in [2.24, 2.45) is 0 Å². The number of likely N-dealkylation sites (N-methyl/N-ethyl adjacent to an activating group) is 1. The molecule has 1 aromatic carbocycles. The second-order valence-corrected chi connectivity index (χ2v) is 4.89. The van der Waals surface area contributed by atoms with E-state index in [9.17, 15) is 4.79 Å². The van der Waals surface area contributed by atoms with E-state index >= 15 is 0 Å². The number of carbonyl (C=O) groups excluding carboxylic acids is 1. The number of hydrogen-bond acceptors (Lipinski definition) is 2. The molecule has 0 aromatic heterocycles. The third kappa shape index (κ3) is 2.97. The van der Waals surface area contributed by atoms with Gasteiger partial charge in [-0.05, 0) is 25.1 Å². The monoisotopic (exact) mass is 305 g/mol. The molecule has 1 rings (SSSR count). The summed E-state index contributed by atoms with van der Waals surface area (Å²) in [6.45, 7) is 1.69. The van der Waals surface area contributed by atoms with Crippen LogP contribution in [-0.4, -0.2) is 35.6 Å². The highest BCUT2D eigenvalue weighted by molar-refractivity contribution is 9.10. The lowest BCUT2D eigenvalue weighted by atomic mass is 10.2. The summed E-state index contributed by atoms with van der Waals surface area (Å²) in [5, 5.41) is 9.40. The van der Waals surface area contributed by atoms with Gasteiger partial charge in [0.25, 0.3) is 5.91 Å². The van der Waals surface area contributed by atoms with Crippen molar-refractivity contribution >= 4 is 33.4 Å². The van der Waals surface area contributed by atoms with Gasteiger partial charge in [0.1, 0.15) is 0 Å². The van der Waals surface area contributed by atoms with Gasteiger partial charge in [0, 0.05) is 11.5 Å². The highest BCUT2D eigenvalue weighted by Crippen LogP contribution is 2.22. The van der Waals surface area contributed by atoms with Crippen molar-refractivity contribution in [3.8, 4) is 0 Å². The van der Waals surface area contributed by atoms with Crippen LogP contribution in [0, 0.1) is 0 Å². The summed E-state index contributed by atoms with van der Waals surface area (Å²) in [4.78, 5) is 13.5. The summed E-state index contributed by atoms with van der Waals surface area (Å²) in [7, 11) is 1.64. The molecule has 0 bridgehead atoms. The minimum atomic E-state index is -0.234. The summed E-state index contributed by atoms with van der Waals surface area (Å²) in [5.74, 6) is -0.201. The molecule has 0 saturated heterocycles. The maximum atomic E-state index is 12.0. The number of amides is 1. The molecule has 0 aliphatic heterocycles. The van der Waals surface area contributed by atoms with E-state index in [1.54, 1.807) is 32.2 Å². The first-order chi connectivity index (χ1) is 7.47. The van der Waals surface area contributed by atoms with Crippen LogP contribution in [0.25, 0.3) is 0 Å². The van der Waals surface area contributed by atoms with Crippen LogP contribution in [-0.2, 0) is 0 Å². The van der Waals surface area contributed by atoms with Gasteiger partial charge in [0.2, 0.25) is 0 Å². The SMILES string of the molecule is CC(CO)N(C)C(=O)c1cc(Br)ccc1Cl. The molecule has 1 unspecified atom stereocenters. The Morgan fingerprint density at radius 1 is 1.62 bits per heavy atom. The Bertz CT molecular complexity index is 398. The van der Waals surface area contributed by atoms with Gasteiger partial charge in [-0.15, -0.1) is 0 Å². The molecule has 0 aliphatic carbocycles. The minimum absolute atomic E-state index is 0.0755. The quantitative estimate of drug-likeness (QED) is 0.932. The Morgan fingerprint density at radius 2 is 2.25 bits per heavy atom. The van der Waals surface area contributed by atoms with Crippen molar-refractivity contribution in [3.63, 3.8) is 0 Å². The topological polar surface area (TPSA) is 40.5 Å². The van der Waals surface area contributed by atoms with Crippen molar-refractivity contribution in [1.29, 1.82) is 0 Å². The number of aliphatic hydroxyl groups is 1. The molecule has 5 heteroatoms. The lowest BCUT2D eigenvalue weighted by Gasteiger charge is -2.23. The molecule has 1 amide bonds. The molecular formula is C11H13BrClNO2. The lowest BCUT2D eigenvalue weighted by Crippen LogP contribution is -2.37. The normalized spacial score (nSPS) is 12.3. The van der Waals surface area contributed by atoms with Gasteiger partial charge in [-0.2, -0.15) is 0 Å². The van der Waals surface area contributed by atoms with Crippen molar-refractivity contribution in [3.05, 3.63) is 33.3 Å². The van der Waals surface area contributed by atoms with Crippen LogP contribution < -0.4 is 0 Å². The maximum Gasteiger partial charge on any atom is 0.255 e. The van der Waals surface area contributed by atoms with Crippen LogP contribution in [0.3, 0.4) is 0 Å². The van der Waals surface area contributed by atoms with E-state index < -0.39 is 0 Å². The summed E-state index contributed by atoms with van der Waals surface area (Å²) in [6, 6.07) is 4.87. The standard InChI is InChI=1S/C11H13BrClNO2/c1-7(6-15)14(2)11(16)9-5-8(12)3-4-10(9)13/h3-5,7,15H,6H2,1-2H3. The van der Waals surface area contributed by atoms with Gasteiger partial charge >= 0.3 is 0 Å². The molecule has 0 radical (unpaired) electrons. The summed E-state index contributed by atoms with van der Waals surface area (Å²) < 4.78 is 0.797. The average molecular weight is 307 g/mol. The van der Waals surface area contributed by atoms with Crippen LogP contribution in [0.2, 0.25) is 5.02 Å². The molecule has 1 aromatic rings. The van der Waals surface area contributed by atoms with Crippen molar-refractivity contribution in [2.75, 3.05) is 13.7 Å².